The molecule has 110 valence electrons. The molecule has 0 aliphatic rings. The Hall–Kier alpha value is -2.36. The number of hydrogen-bond acceptors (Lipinski definition) is 3. The minimum atomic E-state index is 0.0404. The van der Waals surface area contributed by atoms with Crippen molar-refractivity contribution in [3.63, 3.8) is 0 Å². The van der Waals surface area contributed by atoms with Gasteiger partial charge in [0, 0.05) is 24.7 Å². The van der Waals surface area contributed by atoms with Crippen molar-refractivity contribution in [1.29, 1.82) is 0 Å². The average Bonchev–Trinajstić information content (AvgIpc) is 2.54. The fourth-order valence-electron chi connectivity index (χ4n) is 1.73. The second-order valence-corrected chi connectivity index (χ2v) is 4.95. The van der Waals surface area contributed by atoms with Gasteiger partial charge in [-0.2, -0.15) is 0 Å². The summed E-state index contributed by atoms with van der Waals surface area (Å²) in [5.41, 5.74) is 0.951. The second kappa shape index (κ2) is 7.43. The lowest BCUT2D eigenvalue weighted by molar-refractivity contribution is -0.124. The monoisotopic (exact) mass is 284 g/mol. The lowest BCUT2D eigenvalue weighted by Gasteiger charge is -2.10. The quantitative estimate of drug-likeness (QED) is 0.882. The van der Waals surface area contributed by atoms with Crippen LogP contribution in [0.4, 0.5) is 0 Å². The van der Waals surface area contributed by atoms with Crippen LogP contribution in [0.1, 0.15) is 25.8 Å². The summed E-state index contributed by atoms with van der Waals surface area (Å²) in [5, 5.41) is 2.90. The Morgan fingerprint density at radius 3 is 2.62 bits per heavy atom. The van der Waals surface area contributed by atoms with Crippen molar-refractivity contribution in [1.82, 2.24) is 10.3 Å². The molecule has 1 aromatic heterocycles. The van der Waals surface area contributed by atoms with Crippen LogP contribution in [0.15, 0.2) is 48.7 Å². The zero-order valence-electron chi connectivity index (χ0n) is 12.4. The van der Waals surface area contributed by atoms with Gasteiger partial charge in [-0.1, -0.05) is 38.1 Å². The molecule has 2 rings (SSSR count). The molecule has 0 saturated heterocycles. The number of aromatic nitrogens is 1. The van der Waals surface area contributed by atoms with Gasteiger partial charge in [0.1, 0.15) is 5.75 Å². The van der Waals surface area contributed by atoms with E-state index in [9.17, 15) is 4.79 Å². The SMILES string of the molecule is CC[C@@H](C)C(=O)NCc1ccc(Oc2ccccc2)nc1. The zero-order valence-corrected chi connectivity index (χ0v) is 12.4. The van der Waals surface area contributed by atoms with E-state index >= 15 is 0 Å². The number of benzene rings is 1. The number of pyridine rings is 1. The summed E-state index contributed by atoms with van der Waals surface area (Å²) in [6, 6.07) is 13.2. The first-order valence-corrected chi connectivity index (χ1v) is 7.14. The van der Waals surface area contributed by atoms with E-state index in [2.05, 4.69) is 10.3 Å². The van der Waals surface area contributed by atoms with Gasteiger partial charge < -0.3 is 10.1 Å². The summed E-state index contributed by atoms with van der Waals surface area (Å²) in [4.78, 5) is 15.9. The fourth-order valence-corrected chi connectivity index (χ4v) is 1.73. The van der Waals surface area contributed by atoms with Gasteiger partial charge in [-0.05, 0) is 24.1 Å². The van der Waals surface area contributed by atoms with E-state index in [0.29, 0.717) is 12.4 Å². The lowest BCUT2D eigenvalue weighted by atomic mass is 10.1. The van der Waals surface area contributed by atoms with Crippen molar-refractivity contribution in [3.8, 4) is 11.6 Å². The molecule has 1 N–H and O–H groups in total. The summed E-state index contributed by atoms with van der Waals surface area (Å²) >= 11 is 0. The van der Waals surface area contributed by atoms with Gasteiger partial charge in [0.25, 0.3) is 0 Å². The Balaban J connectivity index is 1.89. The van der Waals surface area contributed by atoms with Crippen LogP contribution in [0.25, 0.3) is 0 Å². The number of carbonyl (C=O) groups excluding carboxylic acids is 1. The summed E-state index contributed by atoms with van der Waals surface area (Å²) in [6.07, 6.45) is 2.56. The standard InChI is InChI=1S/C17H20N2O2/c1-3-13(2)17(20)19-12-14-9-10-16(18-11-14)21-15-7-5-4-6-8-15/h4-11,13H,3,12H2,1-2H3,(H,19,20)/t13-/m1/s1. The molecule has 0 saturated carbocycles. The molecule has 1 aromatic carbocycles. The van der Waals surface area contributed by atoms with E-state index in [0.717, 1.165) is 17.7 Å². The molecule has 0 unspecified atom stereocenters. The summed E-state index contributed by atoms with van der Waals surface area (Å²) in [6.45, 7) is 4.41. The normalized spacial score (nSPS) is 11.7. The lowest BCUT2D eigenvalue weighted by Crippen LogP contribution is -2.28. The summed E-state index contributed by atoms with van der Waals surface area (Å²) in [5.74, 6) is 1.40. The van der Waals surface area contributed by atoms with Crippen LogP contribution in [0.5, 0.6) is 11.6 Å². The Bertz CT molecular complexity index is 567. The van der Waals surface area contributed by atoms with Gasteiger partial charge >= 0.3 is 0 Å². The molecule has 1 atom stereocenters. The maximum atomic E-state index is 11.7. The van der Waals surface area contributed by atoms with Crippen molar-refractivity contribution in [2.45, 2.75) is 26.8 Å². The minimum Gasteiger partial charge on any atom is -0.439 e. The predicted octanol–water partition coefficient (Wildman–Crippen LogP) is 3.54. The van der Waals surface area contributed by atoms with E-state index in [1.54, 1.807) is 12.3 Å². The molecule has 0 fully saturated rings. The molecule has 0 aliphatic heterocycles. The highest BCUT2D eigenvalue weighted by Crippen LogP contribution is 2.18. The second-order valence-electron chi connectivity index (χ2n) is 4.95. The molecular weight excluding hydrogens is 264 g/mol. The van der Waals surface area contributed by atoms with Crippen LogP contribution in [-0.4, -0.2) is 10.9 Å². The van der Waals surface area contributed by atoms with Crippen LogP contribution in [-0.2, 0) is 11.3 Å². The smallest absolute Gasteiger partial charge is 0.223 e. The summed E-state index contributed by atoms with van der Waals surface area (Å²) < 4.78 is 5.62. The van der Waals surface area contributed by atoms with Gasteiger partial charge in [0.15, 0.2) is 0 Å². The van der Waals surface area contributed by atoms with Crippen LogP contribution >= 0.6 is 0 Å². The predicted molar refractivity (Wildman–Crippen MR) is 82.1 cm³/mol. The Labute approximate surface area is 125 Å². The van der Waals surface area contributed by atoms with Crippen LogP contribution in [0, 0.1) is 5.92 Å². The van der Waals surface area contributed by atoms with Gasteiger partial charge in [0.05, 0.1) is 0 Å². The first-order chi connectivity index (χ1) is 10.2. The number of para-hydroxylation sites is 1. The number of hydrogen-bond donors (Lipinski definition) is 1. The zero-order chi connectivity index (χ0) is 15.1. The Morgan fingerprint density at radius 1 is 1.24 bits per heavy atom. The van der Waals surface area contributed by atoms with Gasteiger partial charge in [-0.25, -0.2) is 4.98 Å². The molecule has 4 nitrogen and oxygen atoms in total. The summed E-state index contributed by atoms with van der Waals surface area (Å²) in [7, 11) is 0. The van der Waals surface area contributed by atoms with Crippen molar-refractivity contribution in [3.05, 3.63) is 54.2 Å². The molecule has 0 spiro atoms. The first-order valence-electron chi connectivity index (χ1n) is 7.14. The third-order valence-corrected chi connectivity index (χ3v) is 3.29. The number of rotatable bonds is 6. The molecule has 2 aromatic rings. The number of amides is 1. The van der Waals surface area contributed by atoms with E-state index in [1.165, 1.54) is 0 Å². The van der Waals surface area contributed by atoms with Crippen LogP contribution < -0.4 is 10.1 Å². The molecule has 1 heterocycles. The number of carbonyl (C=O) groups is 1. The number of nitrogens with one attached hydrogen (secondary N) is 1. The van der Waals surface area contributed by atoms with Gasteiger partial charge in [-0.15, -0.1) is 0 Å². The third-order valence-electron chi connectivity index (χ3n) is 3.29. The third kappa shape index (κ3) is 4.60. The molecule has 0 radical (unpaired) electrons. The molecular formula is C17H20N2O2. The minimum absolute atomic E-state index is 0.0404. The largest absolute Gasteiger partial charge is 0.439 e. The molecule has 0 bridgehead atoms. The van der Waals surface area contributed by atoms with Crippen LogP contribution in [0.3, 0.4) is 0 Å². The molecule has 0 aliphatic carbocycles. The maximum absolute atomic E-state index is 11.7. The van der Waals surface area contributed by atoms with Gasteiger partial charge in [-0.3, -0.25) is 4.79 Å². The van der Waals surface area contributed by atoms with Crippen LogP contribution in [0.2, 0.25) is 0 Å². The van der Waals surface area contributed by atoms with E-state index in [1.807, 2.05) is 50.2 Å². The molecule has 4 heteroatoms. The molecule has 1 amide bonds. The topological polar surface area (TPSA) is 51.2 Å². The fraction of sp³-hybridized carbons (Fsp3) is 0.294. The number of nitrogens with zero attached hydrogens (tertiary/aromatic N) is 1. The van der Waals surface area contributed by atoms with Crippen molar-refractivity contribution in [2.75, 3.05) is 0 Å². The van der Waals surface area contributed by atoms with E-state index in [-0.39, 0.29) is 11.8 Å². The average molecular weight is 284 g/mol. The highest BCUT2D eigenvalue weighted by atomic mass is 16.5. The first kappa shape index (κ1) is 15.0. The van der Waals surface area contributed by atoms with Crippen molar-refractivity contribution < 1.29 is 9.53 Å². The Kier molecular flexibility index (Phi) is 5.32. The Morgan fingerprint density at radius 2 is 2.00 bits per heavy atom. The van der Waals surface area contributed by atoms with E-state index in [4.69, 9.17) is 4.74 Å². The van der Waals surface area contributed by atoms with Gasteiger partial charge in [0.2, 0.25) is 11.8 Å². The van der Waals surface area contributed by atoms with Crippen molar-refractivity contribution >= 4 is 5.91 Å². The van der Waals surface area contributed by atoms with Crippen molar-refractivity contribution in [2.24, 2.45) is 5.92 Å². The number of ether oxygens (including phenoxy) is 1. The highest BCUT2D eigenvalue weighted by molar-refractivity contribution is 5.78. The maximum Gasteiger partial charge on any atom is 0.223 e. The molecule has 21 heavy (non-hydrogen) atoms. The van der Waals surface area contributed by atoms with E-state index < -0.39 is 0 Å². The highest BCUT2D eigenvalue weighted by Gasteiger charge is 2.09.